The van der Waals surface area contributed by atoms with Gasteiger partial charge >= 0.3 is 0 Å². The van der Waals surface area contributed by atoms with Gasteiger partial charge in [-0.1, -0.05) is 24.3 Å². The van der Waals surface area contributed by atoms with Gasteiger partial charge in [-0.3, -0.25) is 4.98 Å². The standard InChI is InChI=1S/C16H20N2S/c1-2-4-16-14(3-1)5-6-15(18-16)12-17-11-13-7-9-19-10-8-13/h1-6,13,17H,7-12H2. The summed E-state index contributed by atoms with van der Waals surface area (Å²) in [6.45, 7) is 2.02. The monoisotopic (exact) mass is 272 g/mol. The summed E-state index contributed by atoms with van der Waals surface area (Å²) in [6.07, 6.45) is 2.73. The molecule has 0 bridgehead atoms. The molecule has 2 heterocycles. The number of thioether (sulfide) groups is 1. The van der Waals surface area contributed by atoms with Crippen LogP contribution in [0.2, 0.25) is 0 Å². The van der Waals surface area contributed by atoms with Gasteiger partial charge in [0, 0.05) is 11.9 Å². The van der Waals surface area contributed by atoms with Crippen LogP contribution in [0.15, 0.2) is 36.4 Å². The molecule has 0 amide bonds. The third kappa shape index (κ3) is 3.48. The van der Waals surface area contributed by atoms with Crippen LogP contribution >= 0.6 is 11.8 Å². The fraction of sp³-hybridized carbons (Fsp3) is 0.438. The molecule has 0 radical (unpaired) electrons. The van der Waals surface area contributed by atoms with Crippen molar-refractivity contribution >= 4 is 22.7 Å². The second-order valence-electron chi connectivity index (χ2n) is 5.18. The number of hydrogen-bond acceptors (Lipinski definition) is 3. The Morgan fingerprint density at radius 2 is 1.95 bits per heavy atom. The van der Waals surface area contributed by atoms with Crippen LogP contribution in [-0.4, -0.2) is 23.0 Å². The van der Waals surface area contributed by atoms with Gasteiger partial charge in [-0.2, -0.15) is 11.8 Å². The minimum atomic E-state index is 0.863. The third-order valence-corrected chi connectivity index (χ3v) is 4.78. The molecule has 1 aliphatic heterocycles. The number of pyridine rings is 1. The Bertz CT molecular complexity index is 535. The van der Waals surface area contributed by atoms with Crippen molar-refractivity contribution in [2.24, 2.45) is 5.92 Å². The molecule has 0 atom stereocenters. The average Bonchev–Trinajstić information content (AvgIpc) is 2.48. The van der Waals surface area contributed by atoms with Gasteiger partial charge in [-0.25, -0.2) is 0 Å². The van der Waals surface area contributed by atoms with Crippen LogP contribution in [0.1, 0.15) is 18.5 Å². The van der Waals surface area contributed by atoms with E-state index in [1.54, 1.807) is 0 Å². The van der Waals surface area contributed by atoms with Crippen molar-refractivity contribution in [3.05, 3.63) is 42.1 Å². The molecule has 1 saturated heterocycles. The normalized spacial score (nSPS) is 16.8. The van der Waals surface area contributed by atoms with Crippen LogP contribution in [0.25, 0.3) is 10.9 Å². The summed E-state index contributed by atoms with van der Waals surface area (Å²) in [5, 5.41) is 4.78. The first-order valence-corrected chi connectivity index (χ1v) is 8.20. The fourth-order valence-corrected chi connectivity index (χ4v) is 3.77. The first-order chi connectivity index (χ1) is 9.42. The fourth-order valence-electron chi connectivity index (χ4n) is 2.56. The van der Waals surface area contributed by atoms with E-state index in [1.807, 2.05) is 6.07 Å². The number of para-hydroxylation sites is 1. The lowest BCUT2D eigenvalue weighted by molar-refractivity contribution is 0.446. The summed E-state index contributed by atoms with van der Waals surface area (Å²) in [7, 11) is 0. The van der Waals surface area contributed by atoms with Gasteiger partial charge in [0.15, 0.2) is 0 Å². The van der Waals surface area contributed by atoms with E-state index in [0.29, 0.717) is 0 Å². The maximum absolute atomic E-state index is 4.69. The molecule has 3 heteroatoms. The molecular weight excluding hydrogens is 252 g/mol. The molecule has 3 rings (SSSR count). The van der Waals surface area contributed by atoms with E-state index in [2.05, 4.69) is 47.4 Å². The van der Waals surface area contributed by atoms with E-state index in [4.69, 9.17) is 4.98 Å². The van der Waals surface area contributed by atoms with Gasteiger partial charge in [0.2, 0.25) is 0 Å². The summed E-state index contributed by atoms with van der Waals surface area (Å²) >= 11 is 2.09. The van der Waals surface area contributed by atoms with Crippen molar-refractivity contribution in [3.63, 3.8) is 0 Å². The molecule has 19 heavy (non-hydrogen) atoms. The summed E-state index contributed by atoms with van der Waals surface area (Å²) in [5.41, 5.74) is 2.24. The van der Waals surface area contributed by atoms with Gasteiger partial charge < -0.3 is 5.32 Å². The highest BCUT2D eigenvalue weighted by Gasteiger charge is 2.12. The van der Waals surface area contributed by atoms with E-state index in [-0.39, 0.29) is 0 Å². The predicted octanol–water partition coefficient (Wildman–Crippen LogP) is 3.47. The molecule has 2 aromatic rings. The van der Waals surface area contributed by atoms with Crippen molar-refractivity contribution < 1.29 is 0 Å². The molecule has 1 fully saturated rings. The summed E-state index contributed by atoms with van der Waals surface area (Å²) < 4.78 is 0. The van der Waals surface area contributed by atoms with Crippen LogP contribution in [0.3, 0.4) is 0 Å². The molecule has 100 valence electrons. The zero-order valence-electron chi connectivity index (χ0n) is 11.1. The number of aromatic nitrogens is 1. The Labute approximate surface area is 119 Å². The Morgan fingerprint density at radius 3 is 2.84 bits per heavy atom. The van der Waals surface area contributed by atoms with E-state index >= 15 is 0 Å². The van der Waals surface area contributed by atoms with Gasteiger partial charge in [-0.15, -0.1) is 0 Å². The van der Waals surface area contributed by atoms with Crippen molar-refractivity contribution in [1.82, 2.24) is 10.3 Å². The SMILES string of the molecule is c1ccc2nc(CNCC3CCSCC3)ccc2c1. The predicted molar refractivity (Wildman–Crippen MR) is 83.5 cm³/mol. The van der Waals surface area contributed by atoms with Crippen LogP contribution in [-0.2, 0) is 6.54 Å². The lowest BCUT2D eigenvalue weighted by Crippen LogP contribution is -2.25. The lowest BCUT2D eigenvalue weighted by Gasteiger charge is -2.21. The number of fused-ring (bicyclic) bond motifs is 1. The summed E-state index contributed by atoms with van der Waals surface area (Å²) in [5.74, 6) is 3.53. The largest absolute Gasteiger partial charge is 0.311 e. The Kier molecular flexibility index (Phi) is 4.36. The van der Waals surface area contributed by atoms with Gasteiger partial charge in [-0.05, 0) is 48.9 Å². The second-order valence-corrected chi connectivity index (χ2v) is 6.41. The van der Waals surface area contributed by atoms with Crippen LogP contribution in [0, 0.1) is 5.92 Å². The maximum atomic E-state index is 4.69. The summed E-state index contributed by atoms with van der Waals surface area (Å²) in [4.78, 5) is 4.69. The Morgan fingerprint density at radius 1 is 1.11 bits per heavy atom. The highest BCUT2D eigenvalue weighted by molar-refractivity contribution is 7.99. The maximum Gasteiger partial charge on any atom is 0.0705 e. The van der Waals surface area contributed by atoms with Gasteiger partial charge in [0.25, 0.3) is 0 Å². The molecule has 0 aliphatic carbocycles. The number of rotatable bonds is 4. The van der Waals surface area contributed by atoms with Crippen LogP contribution < -0.4 is 5.32 Å². The van der Waals surface area contributed by atoms with Crippen LogP contribution in [0.4, 0.5) is 0 Å². The molecule has 1 N–H and O–H groups in total. The van der Waals surface area contributed by atoms with Crippen molar-refractivity contribution in [2.45, 2.75) is 19.4 Å². The highest BCUT2D eigenvalue weighted by atomic mass is 32.2. The molecule has 1 aromatic heterocycles. The molecule has 0 unspecified atom stereocenters. The minimum Gasteiger partial charge on any atom is -0.311 e. The second kappa shape index (κ2) is 6.40. The van der Waals surface area contributed by atoms with Crippen molar-refractivity contribution in [3.8, 4) is 0 Å². The number of nitrogens with one attached hydrogen (secondary N) is 1. The molecule has 0 spiro atoms. The number of nitrogens with zero attached hydrogens (tertiary/aromatic N) is 1. The van der Waals surface area contributed by atoms with Gasteiger partial charge in [0.05, 0.1) is 11.2 Å². The van der Waals surface area contributed by atoms with Crippen molar-refractivity contribution in [1.29, 1.82) is 0 Å². The minimum absolute atomic E-state index is 0.863. The molecule has 0 saturated carbocycles. The molecular formula is C16H20N2S. The zero-order chi connectivity index (χ0) is 12.9. The molecule has 1 aliphatic rings. The van der Waals surface area contributed by atoms with Crippen LogP contribution in [0.5, 0.6) is 0 Å². The summed E-state index contributed by atoms with van der Waals surface area (Å²) in [6, 6.07) is 12.6. The third-order valence-electron chi connectivity index (χ3n) is 3.74. The number of hydrogen-bond donors (Lipinski definition) is 1. The number of benzene rings is 1. The Hall–Kier alpha value is -1.06. The van der Waals surface area contributed by atoms with E-state index in [9.17, 15) is 0 Å². The first-order valence-electron chi connectivity index (χ1n) is 7.05. The average molecular weight is 272 g/mol. The quantitative estimate of drug-likeness (QED) is 0.922. The van der Waals surface area contributed by atoms with E-state index < -0.39 is 0 Å². The Balaban J connectivity index is 1.56. The molecule has 1 aromatic carbocycles. The first kappa shape index (κ1) is 12.9. The smallest absolute Gasteiger partial charge is 0.0705 e. The topological polar surface area (TPSA) is 24.9 Å². The highest BCUT2D eigenvalue weighted by Crippen LogP contribution is 2.22. The zero-order valence-corrected chi connectivity index (χ0v) is 12.0. The lowest BCUT2D eigenvalue weighted by atomic mass is 10.0. The van der Waals surface area contributed by atoms with E-state index in [0.717, 1.165) is 30.2 Å². The molecule has 2 nitrogen and oxygen atoms in total. The van der Waals surface area contributed by atoms with Gasteiger partial charge in [0.1, 0.15) is 0 Å². The van der Waals surface area contributed by atoms with Crippen molar-refractivity contribution in [2.75, 3.05) is 18.1 Å². The van der Waals surface area contributed by atoms with E-state index in [1.165, 1.54) is 29.7 Å².